The van der Waals surface area contributed by atoms with Crippen molar-refractivity contribution < 1.29 is 18.6 Å². The van der Waals surface area contributed by atoms with Crippen LogP contribution >= 0.6 is 0 Å². The fourth-order valence-corrected chi connectivity index (χ4v) is 4.71. The summed E-state index contributed by atoms with van der Waals surface area (Å²) in [7, 11) is 1.65. The molecule has 3 N–H and O–H groups in total. The lowest BCUT2D eigenvalue weighted by atomic mass is 9.94. The van der Waals surface area contributed by atoms with E-state index in [1.54, 1.807) is 17.9 Å². The van der Waals surface area contributed by atoms with Crippen LogP contribution in [0.3, 0.4) is 0 Å². The van der Waals surface area contributed by atoms with Gasteiger partial charge in [0.25, 0.3) is 0 Å². The van der Waals surface area contributed by atoms with Crippen molar-refractivity contribution in [2.24, 2.45) is 0 Å². The molecule has 1 aromatic heterocycles. The van der Waals surface area contributed by atoms with Crippen LogP contribution in [-0.4, -0.2) is 65.5 Å². The number of halogens is 2. The van der Waals surface area contributed by atoms with Crippen LogP contribution in [0.15, 0.2) is 48.5 Å². The second-order valence-corrected chi connectivity index (χ2v) is 8.87. The average molecular weight is 486 g/mol. The smallest absolute Gasteiger partial charge is 0.182 e. The molecule has 1 unspecified atom stereocenters. The molecular weight excluding hydrogens is 452 g/mol. The van der Waals surface area contributed by atoms with E-state index in [-0.39, 0.29) is 12.0 Å². The number of hydrogen-bond acceptors (Lipinski definition) is 6. The van der Waals surface area contributed by atoms with Gasteiger partial charge in [-0.3, -0.25) is 10.2 Å². The molecule has 7 nitrogen and oxygen atoms in total. The van der Waals surface area contributed by atoms with E-state index < -0.39 is 18.0 Å². The van der Waals surface area contributed by atoms with Crippen molar-refractivity contribution in [3.8, 4) is 5.69 Å². The third kappa shape index (κ3) is 5.70. The molecule has 35 heavy (non-hydrogen) atoms. The first kappa shape index (κ1) is 25.2. The highest BCUT2D eigenvalue weighted by atomic mass is 19.2. The number of ether oxygens (including phenoxy) is 1. The summed E-state index contributed by atoms with van der Waals surface area (Å²) < 4.78 is 34.6. The van der Waals surface area contributed by atoms with Crippen molar-refractivity contribution in [1.82, 2.24) is 20.0 Å². The summed E-state index contributed by atoms with van der Waals surface area (Å²) >= 11 is 0. The zero-order valence-electron chi connectivity index (χ0n) is 20.3. The molecule has 0 saturated carbocycles. The first-order valence-corrected chi connectivity index (χ1v) is 11.9. The maximum absolute atomic E-state index is 14.0. The third-order valence-corrected chi connectivity index (χ3v) is 6.58. The van der Waals surface area contributed by atoms with Crippen molar-refractivity contribution in [3.05, 3.63) is 77.0 Å². The van der Waals surface area contributed by atoms with Crippen LogP contribution in [-0.2, 0) is 11.2 Å². The van der Waals surface area contributed by atoms with Gasteiger partial charge in [-0.05, 0) is 43.2 Å². The van der Waals surface area contributed by atoms with Gasteiger partial charge in [0.2, 0.25) is 0 Å². The number of benzene rings is 2. The predicted octanol–water partition coefficient (Wildman–Crippen LogP) is 3.41. The maximum atomic E-state index is 14.0. The summed E-state index contributed by atoms with van der Waals surface area (Å²) in [6.07, 6.45) is -0.322. The lowest BCUT2D eigenvalue weighted by Crippen LogP contribution is -2.46. The fourth-order valence-electron chi connectivity index (χ4n) is 4.71. The number of aliphatic hydroxyl groups excluding tert-OH is 1. The SMILES string of the molecule is CCc1nn(-c2ccccc2)c(NC(O)N[C@@H]2CN(CCOC)C[C@H]2c2ccc(F)c(F)c2)c1C. The number of aryl methyl sites for hydroxylation is 1. The molecule has 1 aliphatic rings. The summed E-state index contributed by atoms with van der Waals surface area (Å²) in [6, 6.07) is 13.6. The van der Waals surface area contributed by atoms with Gasteiger partial charge in [0.05, 0.1) is 18.0 Å². The van der Waals surface area contributed by atoms with Crippen molar-refractivity contribution in [1.29, 1.82) is 0 Å². The van der Waals surface area contributed by atoms with Gasteiger partial charge in [-0.15, -0.1) is 0 Å². The molecule has 0 bridgehead atoms. The topological polar surface area (TPSA) is 74.6 Å². The minimum atomic E-state index is -1.09. The molecule has 3 atom stereocenters. The van der Waals surface area contributed by atoms with E-state index in [0.29, 0.717) is 37.6 Å². The molecule has 0 aliphatic carbocycles. The Hall–Kier alpha value is -2.85. The minimum Gasteiger partial charge on any atom is -0.383 e. The van der Waals surface area contributed by atoms with Gasteiger partial charge in [-0.25, -0.2) is 13.5 Å². The number of nitrogens with zero attached hydrogens (tertiary/aromatic N) is 3. The molecular formula is C26H33F2N5O2. The Morgan fingerprint density at radius 2 is 1.91 bits per heavy atom. The normalized spacial score (nSPS) is 19.3. The zero-order chi connectivity index (χ0) is 24.9. The number of hydrogen-bond donors (Lipinski definition) is 3. The number of anilines is 1. The molecule has 1 saturated heterocycles. The van der Waals surface area contributed by atoms with Gasteiger partial charge in [-0.2, -0.15) is 5.10 Å². The monoisotopic (exact) mass is 485 g/mol. The molecule has 4 rings (SSSR count). The molecule has 1 aliphatic heterocycles. The fraction of sp³-hybridized carbons (Fsp3) is 0.423. The second kappa shape index (κ2) is 11.3. The summed E-state index contributed by atoms with van der Waals surface area (Å²) in [5, 5.41) is 22.2. The number of para-hydroxylation sites is 1. The van der Waals surface area contributed by atoms with Gasteiger partial charge >= 0.3 is 0 Å². The Labute approximate surface area is 204 Å². The minimum absolute atomic E-state index is 0.135. The van der Waals surface area contributed by atoms with E-state index in [1.165, 1.54) is 6.07 Å². The second-order valence-electron chi connectivity index (χ2n) is 8.87. The molecule has 3 aromatic rings. The zero-order valence-corrected chi connectivity index (χ0v) is 20.3. The Morgan fingerprint density at radius 1 is 1.14 bits per heavy atom. The number of rotatable bonds is 10. The Morgan fingerprint density at radius 3 is 2.60 bits per heavy atom. The summed E-state index contributed by atoms with van der Waals surface area (Å²) in [4.78, 5) is 2.19. The molecule has 9 heteroatoms. The summed E-state index contributed by atoms with van der Waals surface area (Å²) in [5.74, 6) is -1.17. The van der Waals surface area contributed by atoms with Crippen LogP contribution in [0.1, 0.15) is 29.7 Å². The Balaban J connectivity index is 1.55. The third-order valence-electron chi connectivity index (χ3n) is 6.58. The first-order valence-electron chi connectivity index (χ1n) is 11.9. The molecule has 0 radical (unpaired) electrons. The van der Waals surface area contributed by atoms with Crippen LogP contribution in [0.5, 0.6) is 0 Å². The van der Waals surface area contributed by atoms with Gasteiger partial charge < -0.3 is 15.2 Å². The molecule has 2 heterocycles. The Bertz CT molecular complexity index is 1120. The van der Waals surface area contributed by atoms with E-state index in [2.05, 4.69) is 15.5 Å². The van der Waals surface area contributed by atoms with Crippen molar-refractivity contribution in [2.45, 2.75) is 38.6 Å². The van der Waals surface area contributed by atoms with E-state index in [4.69, 9.17) is 9.84 Å². The van der Waals surface area contributed by atoms with E-state index in [9.17, 15) is 13.9 Å². The van der Waals surface area contributed by atoms with Crippen molar-refractivity contribution in [2.75, 3.05) is 38.7 Å². The molecule has 1 fully saturated rings. The van der Waals surface area contributed by atoms with Crippen LogP contribution in [0, 0.1) is 18.6 Å². The first-order chi connectivity index (χ1) is 16.9. The summed E-state index contributed by atoms with van der Waals surface area (Å²) in [5.41, 5.74) is 3.47. The lowest BCUT2D eigenvalue weighted by molar-refractivity contribution is 0.139. The van der Waals surface area contributed by atoms with Crippen molar-refractivity contribution in [3.63, 3.8) is 0 Å². The number of likely N-dealkylation sites (tertiary alicyclic amines) is 1. The van der Waals surface area contributed by atoms with Crippen molar-refractivity contribution >= 4 is 5.82 Å². The quantitative estimate of drug-likeness (QED) is 0.382. The van der Waals surface area contributed by atoms with Gasteiger partial charge in [0.15, 0.2) is 18.0 Å². The number of nitrogens with one attached hydrogen (secondary N) is 2. The number of aliphatic hydroxyl groups is 1. The van der Waals surface area contributed by atoms with E-state index in [1.807, 2.05) is 44.2 Å². The highest BCUT2D eigenvalue weighted by Gasteiger charge is 2.35. The van der Waals surface area contributed by atoms with E-state index in [0.717, 1.165) is 29.4 Å². The standard InChI is InChI=1S/C26H33F2N5O2/c1-4-23-17(2)25(33(31-23)19-8-6-5-7-9-19)30-26(34)29-24-16-32(12-13-35-3)15-20(24)18-10-11-21(27)22(28)14-18/h5-11,14,20,24,26,29-30,34H,4,12-13,15-16H2,1-3H3/t20-,24+,26?/m0/s1. The number of methoxy groups -OCH3 is 1. The van der Waals surface area contributed by atoms with Gasteiger partial charge in [-0.1, -0.05) is 31.2 Å². The molecule has 0 amide bonds. The van der Waals surface area contributed by atoms with Crippen LogP contribution in [0.2, 0.25) is 0 Å². The van der Waals surface area contributed by atoms with Crippen LogP contribution in [0.25, 0.3) is 5.69 Å². The number of aromatic nitrogens is 2. The molecule has 188 valence electrons. The summed E-state index contributed by atoms with van der Waals surface area (Å²) in [6.45, 7) is 6.56. The lowest BCUT2D eigenvalue weighted by Gasteiger charge is -2.25. The maximum Gasteiger partial charge on any atom is 0.182 e. The predicted molar refractivity (Wildman–Crippen MR) is 132 cm³/mol. The average Bonchev–Trinajstić information content (AvgIpc) is 3.40. The molecule has 2 aromatic carbocycles. The van der Waals surface area contributed by atoms with Crippen LogP contribution in [0.4, 0.5) is 14.6 Å². The highest BCUT2D eigenvalue weighted by molar-refractivity contribution is 5.53. The van der Waals surface area contributed by atoms with Crippen LogP contribution < -0.4 is 10.6 Å². The van der Waals surface area contributed by atoms with E-state index >= 15 is 0 Å². The van der Waals surface area contributed by atoms with Gasteiger partial charge in [0.1, 0.15) is 5.82 Å². The Kier molecular flexibility index (Phi) is 8.12. The molecule has 0 spiro atoms. The highest BCUT2D eigenvalue weighted by Crippen LogP contribution is 2.30. The largest absolute Gasteiger partial charge is 0.383 e. The van der Waals surface area contributed by atoms with Gasteiger partial charge in [0, 0.05) is 44.3 Å².